The van der Waals surface area contributed by atoms with Crippen LogP contribution in [0.1, 0.15) is 47.4 Å². The van der Waals surface area contributed by atoms with Gasteiger partial charge in [-0.2, -0.15) is 5.10 Å². The number of hydrogen-bond acceptors (Lipinski definition) is 3. The Hall–Kier alpha value is -3.08. The molecule has 2 aromatic carbocycles. The Labute approximate surface area is 165 Å². The van der Waals surface area contributed by atoms with Crippen LogP contribution in [0.2, 0.25) is 0 Å². The third-order valence-electron chi connectivity index (χ3n) is 4.94. The molecule has 144 valence electrons. The van der Waals surface area contributed by atoms with Gasteiger partial charge in [-0.1, -0.05) is 30.3 Å². The first-order valence-electron chi connectivity index (χ1n) is 9.78. The van der Waals surface area contributed by atoms with Crippen molar-refractivity contribution < 1.29 is 9.53 Å². The molecule has 3 aromatic rings. The molecule has 0 spiro atoms. The standard InChI is InChI=1S/C23H25N3O2/c1-3-28-20-13-9-17(10-14-20)16-25(2)23(27)22-15-21(18-11-12-18)24-26(22)19-7-5-4-6-8-19/h4-10,13-15,18H,3,11-12,16H2,1-2H3. The van der Waals surface area contributed by atoms with E-state index in [-0.39, 0.29) is 5.91 Å². The molecule has 4 rings (SSSR count). The molecule has 0 N–H and O–H groups in total. The van der Waals surface area contributed by atoms with Crippen LogP contribution in [-0.4, -0.2) is 34.2 Å². The van der Waals surface area contributed by atoms with Gasteiger partial charge >= 0.3 is 0 Å². The number of amides is 1. The summed E-state index contributed by atoms with van der Waals surface area (Å²) in [5.41, 5.74) is 3.60. The Kier molecular flexibility index (Phi) is 5.15. The first-order chi connectivity index (χ1) is 13.7. The summed E-state index contributed by atoms with van der Waals surface area (Å²) in [5, 5.41) is 4.74. The van der Waals surface area contributed by atoms with Gasteiger partial charge in [-0.3, -0.25) is 4.79 Å². The highest BCUT2D eigenvalue weighted by Gasteiger charge is 2.29. The van der Waals surface area contributed by atoms with E-state index in [2.05, 4.69) is 0 Å². The van der Waals surface area contributed by atoms with Gasteiger partial charge in [-0.25, -0.2) is 4.68 Å². The summed E-state index contributed by atoms with van der Waals surface area (Å²) < 4.78 is 7.27. The van der Waals surface area contributed by atoms with Gasteiger partial charge in [0.1, 0.15) is 11.4 Å². The second-order valence-electron chi connectivity index (χ2n) is 7.21. The van der Waals surface area contributed by atoms with Gasteiger partial charge in [-0.05, 0) is 55.7 Å². The van der Waals surface area contributed by atoms with Crippen LogP contribution in [-0.2, 0) is 6.54 Å². The van der Waals surface area contributed by atoms with Gasteiger partial charge < -0.3 is 9.64 Å². The van der Waals surface area contributed by atoms with Crippen molar-refractivity contribution in [2.75, 3.05) is 13.7 Å². The smallest absolute Gasteiger partial charge is 0.272 e. The van der Waals surface area contributed by atoms with Crippen molar-refractivity contribution in [2.24, 2.45) is 0 Å². The molecule has 0 unspecified atom stereocenters. The van der Waals surface area contributed by atoms with E-state index < -0.39 is 0 Å². The molecule has 0 atom stereocenters. The molecule has 1 aliphatic rings. The number of ether oxygens (including phenoxy) is 1. The fraction of sp³-hybridized carbons (Fsp3) is 0.304. The molecule has 0 radical (unpaired) electrons. The predicted octanol–water partition coefficient (Wildman–Crippen LogP) is 4.42. The van der Waals surface area contributed by atoms with Gasteiger partial charge in [0.2, 0.25) is 0 Å². The van der Waals surface area contributed by atoms with E-state index in [4.69, 9.17) is 9.84 Å². The third-order valence-corrected chi connectivity index (χ3v) is 4.94. The third kappa shape index (κ3) is 3.93. The molecular formula is C23H25N3O2. The highest BCUT2D eigenvalue weighted by Crippen LogP contribution is 2.39. The molecule has 1 saturated carbocycles. The van der Waals surface area contributed by atoms with Crippen LogP contribution in [0.3, 0.4) is 0 Å². The Morgan fingerprint density at radius 2 is 1.86 bits per heavy atom. The van der Waals surface area contributed by atoms with E-state index in [1.54, 1.807) is 9.58 Å². The maximum atomic E-state index is 13.2. The van der Waals surface area contributed by atoms with Crippen LogP contribution in [0.5, 0.6) is 5.75 Å². The molecule has 5 nitrogen and oxygen atoms in total. The van der Waals surface area contributed by atoms with Crippen molar-refractivity contribution >= 4 is 5.91 Å². The highest BCUT2D eigenvalue weighted by molar-refractivity contribution is 5.93. The molecule has 0 bridgehead atoms. The number of hydrogen-bond donors (Lipinski definition) is 0. The van der Waals surface area contributed by atoms with E-state index in [1.807, 2.05) is 74.6 Å². The van der Waals surface area contributed by atoms with E-state index in [1.165, 1.54) is 0 Å². The minimum atomic E-state index is -0.0304. The molecule has 1 fully saturated rings. The molecule has 1 aliphatic carbocycles. The van der Waals surface area contributed by atoms with Crippen molar-refractivity contribution in [1.82, 2.24) is 14.7 Å². The lowest BCUT2D eigenvalue weighted by molar-refractivity contribution is 0.0776. The molecule has 0 aliphatic heterocycles. The van der Waals surface area contributed by atoms with Gasteiger partial charge in [0.25, 0.3) is 5.91 Å². The zero-order valence-electron chi connectivity index (χ0n) is 16.3. The molecule has 28 heavy (non-hydrogen) atoms. The topological polar surface area (TPSA) is 47.4 Å². The highest BCUT2D eigenvalue weighted by atomic mass is 16.5. The first kappa shape index (κ1) is 18.3. The van der Waals surface area contributed by atoms with Gasteiger partial charge in [0, 0.05) is 19.5 Å². The Morgan fingerprint density at radius 3 is 2.50 bits per heavy atom. The minimum absolute atomic E-state index is 0.0304. The van der Waals surface area contributed by atoms with Crippen LogP contribution in [0.25, 0.3) is 5.69 Å². The number of nitrogens with zero attached hydrogens (tertiary/aromatic N) is 3. The van der Waals surface area contributed by atoms with Crippen molar-refractivity contribution in [3.63, 3.8) is 0 Å². The van der Waals surface area contributed by atoms with Crippen molar-refractivity contribution in [2.45, 2.75) is 32.2 Å². The van der Waals surface area contributed by atoms with E-state index in [0.29, 0.717) is 24.8 Å². The Bertz CT molecular complexity index is 944. The average molecular weight is 375 g/mol. The van der Waals surface area contributed by atoms with E-state index in [0.717, 1.165) is 35.5 Å². The summed E-state index contributed by atoms with van der Waals surface area (Å²) in [5.74, 6) is 1.31. The van der Waals surface area contributed by atoms with Crippen LogP contribution in [0.4, 0.5) is 0 Å². The monoisotopic (exact) mass is 375 g/mol. The first-order valence-corrected chi connectivity index (χ1v) is 9.78. The number of benzene rings is 2. The number of carbonyl (C=O) groups is 1. The van der Waals surface area contributed by atoms with Crippen LogP contribution >= 0.6 is 0 Å². The molecule has 1 aromatic heterocycles. The largest absolute Gasteiger partial charge is 0.494 e. The zero-order valence-corrected chi connectivity index (χ0v) is 16.3. The SMILES string of the molecule is CCOc1ccc(CN(C)C(=O)c2cc(C3CC3)nn2-c2ccccc2)cc1. The number of rotatable bonds is 7. The maximum Gasteiger partial charge on any atom is 0.272 e. The summed E-state index contributed by atoms with van der Waals surface area (Å²) >= 11 is 0. The molecule has 1 amide bonds. The summed E-state index contributed by atoms with van der Waals surface area (Å²) in [7, 11) is 1.83. The normalized spacial score (nSPS) is 13.4. The van der Waals surface area contributed by atoms with Gasteiger partial charge in [0.15, 0.2) is 0 Å². The van der Waals surface area contributed by atoms with Crippen molar-refractivity contribution in [3.05, 3.63) is 77.6 Å². The second kappa shape index (κ2) is 7.89. The van der Waals surface area contributed by atoms with Gasteiger partial charge in [-0.15, -0.1) is 0 Å². The lowest BCUT2D eigenvalue weighted by Gasteiger charge is -2.18. The average Bonchev–Trinajstić information content (AvgIpc) is 3.48. The molecule has 1 heterocycles. The lowest BCUT2D eigenvalue weighted by Crippen LogP contribution is -2.28. The summed E-state index contributed by atoms with van der Waals surface area (Å²) in [6.07, 6.45) is 2.31. The minimum Gasteiger partial charge on any atom is -0.494 e. The van der Waals surface area contributed by atoms with Crippen molar-refractivity contribution in [3.8, 4) is 11.4 Å². The lowest BCUT2D eigenvalue weighted by atomic mass is 10.2. The predicted molar refractivity (Wildman–Crippen MR) is 109 cm³/mol. The zero-order chi connectivity index (χ0) is 19.5. The van der Waals surface area contributed by atoms with Crippen LogP contribution in [0.15, 0.2) is 60.7 Å². The summed E-state index contributed by atoms with van der Waals surface area (Å²) in [6, 6.07) is 19.7. The maximum absolute atomic E-state index is 13.2. The summed E-state index contributed by atoms with van der Waals surface area (Å²) in [6.45, 7) is 3.14. The fourth-order valence-corrected chi connectivity index (χ4v) is 3.30. The van der Waals surface area contributed by atoms with E-state index in [9.17, 15) is 4.79 Å². The number of aromatic nitrogens is 2. The molecule has 5 heteroatoms. The second-order valence-corrected chi connectivity index (χ2v) is 7.21. The fourth-order valence-electron chi connectivity index (χ4n) is 3.30. The van der Waals surface area contributed by atoms with Crippen LogP contribution in [0, 0.1) is 0 Å². The Morgan fingerprint density at radius 1 is 1.14 bits per heavy atom. The Balaban J connectivity index is 1.56. The summed E-state index contributed by atoms with van der Waals surface area (Å²) in [4.78, 5) is 14.9. The van der Waals surface area contributed by atoms with E-state index >= 15 is 0 Å². The molecule has 0 saturated heterocycles. The van der Waals surface area contributed by atoms with Gasteiger partial charge in [0.05, 0.1) is 18.0 Å². The van der Waals surface area contributed by atoms with Crippen molar-refractivity contribution in [1.29, 1.82) is 0 Å². The quantitative estimate of drug-likeness (QED) is 0.614. The number of para-hydroxylation sites is 1. The van der Waals surface area contributed by atoms with Crippen LogP contribution < -0.4 is 4.74 Å². The molecular weight excluding hydrogens is 350 g/mol. The number of carbonyl (C=O) groups excluding carboxylic acids is 1.